The number of carbonyl (C=O) groups excluding carboxylic acids is 1. The number of aliphatic hydroxyl groups excluding tert-OH is 6. The molecule has 2 saturated heterocycles. The lowest BCUT2D eigenvalue weighted by atomic mass is 9.30. The van der Waals surface area contributed by atoms with Gasteiger partial charge in [-0.25, -0.2) is 4.98 Å². The van der Waals surface area contributed by atoms with Crippen LogP contribution in [0.2, 0.25) is 0 Å². The number of ether oxygens (including phenoxy) is 2. The Kier molecular flexibility index (Phi) is 12.9. The monoisotopic (exact) mass is 899 g/mol. The van der Waals surface area contributed by atoms with E-state index in [9.17, 15) is 45.3 Å². The summed E-state index contributed by atoms with van der Waals surface area (Å²) in [4.78, 5) is 34.9. The fraction of sp³-hybridized carbons (Fsp3) is 0.857. The number of carbonyl (C=O) groups is 2. The summed E-state index contributed by atoms with van der Waals surface area (Å²) >= 11 is 0. The van der Waals surface area contributed by atoms with E-state index in [0.29, 0.717) is 57.9 Å². The molecule has 6 fully saturated rings. The number of carboxylic acids is 1. The van der Waals surface area contributed by atoms with E-state index in [-0.39, 0.29) is 79.1 Å². The van der Waals surface area contributed by atoms with Crippen molar-refractivity contribution in [3.8, 4) is 0 Å². The van der Waals surface area contributed by atoms with Crippen LogP contribution in [0.4, 0.5) is 0 Å². The summed E-state index contributed by atoms with van der Waals surface area (Å²) in [6, 6.07) is -0.288. The number of H-pyrrole nitrogens is 1. The number of aromatic nitrogens is 2. The topological polar surface area (TPSA) is 261 Å². The molecule has 360 valence electrons. The van der Waals surface area contributed by atoms with E-state index in [1.807, 2.05) is 6.92 Å². The number of amides is 1. The summed E-state index contributed by atoms with van der Waals surface area (Å²) in [7, 11) is 0. The lowest BCUT2D eigenvalue weighted by Gasteiger charge is -2.74. The van der Waals surface area contributed by atoms with Gasteiger partial charge in [0, 0.05) is 42.3 Å². The predicted molar refractivity (Wildman–Crippen MR) is 236 cm³/mol. The van der Waals surface area contributed by atoms with Gasteiger partial charge in [-0.05, 0) is 128 Å². The van der Waals surface area contributed by atoms with Crippen molar-refractivity contribution in [2.75, 3.05) is 26.4 Å². The van der Waals surface area contributed by atoms with Gasteiger partial charge in [0.25, 0.3) is 0 Å². The van der Waals surface area contributed by atoms with E-state index >= 15 is 0 Å². The zero-order valence-corrected chi connectivity index (χ0v) is 38.9. The Labute approximate surface area is 378 Å². The van der Waals surface area contributed by atoms with Gasteiger partial charge in [-0.3, -0.25) is 9.59 Å². The van der Waals surface area contributed by atoms with Crippen molar-refractivity contribution >= 4 is 11.9 Å². The van der Waals surface area contributed by atoms with Crippen LogP contribution in [0.1, 0.15) is 130 Å². The first-order valence-electron chi connectivity index (χ1n) is 24.4. The zero-order chi connectivity index (χ0) is 46.4. The van der Waals surface area contributed by atoms with Crippen LogP contribution in [0.3, 0.4) is 0 Å². The average molecular weight is 899 g/mol. The van der Waals surface area contributed by atoms with Gasteiger partial charge in [0.15, 0.2) is 6.29 Å². The van der Waals surface area contributed by atoms with E-state index in [1.54, 1.807) is 12.5 Å². The Hall–Kier alpha value is -2.47. The number of hydrogen-bond acceptors (Lipinski definition) is 12. The molecule has 15 nitrogen and oxygen atoms in total. The van der Waals surface area contributed by atoms with Crippen molar-refractivity contribution in [1.82, 2.24) is 15.3 Å². The van der Waals surface area contributed by atoms with E-state index in [1.165, 1.54) is 5.57 Å². The van der Waals surface area contributed by atoms with Crippen molar-refractivity contribution < 1.29 is 54.8 Å². The normalized spacial score (nSPS) is 49.4. The lowest BCUT2D eigenvalue weighted by Crippen LogP contribution is -2.73. The van der Waals surface area contributed by atoms with Crippen molar-refractivity contribution in [2.45, 2.75) is 167 Å². The van der Waals surface area contributed by atoms with E-state index < -0.39 is 75.8 Å². The van der Waals surface area contributed by atoms with Crippen LogP contribution in [-0.2, 0) is 19.1 Å². The van der Waals surface area contributed by atoms with Crippen molar-refractivity contribution in [1.29, 1.82) is 0 Å². The summed E-state index contributed by atoms with van der Waals surface area (Å²) in [6.07, 6.45) is 5.03. The van der Waals surface area contributed by atoms with Crippen LogP contribution >= 0.6 is 0 Å². The molecular weight excluding hydrogens is 821 g/mol. The van der Waals surface area contributed by atoms with Crippen molar-refractivity contribution in [3.63, 3.8) is 0 Å². The highest BCUT2D eigenvalue weighted by Gasteiger charge is 2.75. The average Bonchev–Trinajstić information content (AvgIpc) is 3.94. The van der Waals surface area contributed by atoms with Crippen molar-refractivity contribution in [2.24, 2.45) is 73.7 Å². The van der Waals surface area contributed by atoms with Crippen LogP contribution in [-0.4, -0.2) is 127 Å². The van der Waals surface area contributed by atoms with E-state index in [0.717, 1.165) is 25.0 Å². The molecule has 4 saturated carbocycles. The molecule has 1 amide bonds. The summed E-state index contributed by atoms with van der Waals surface area (Å²) in [5, 5.41) is 82.4. The summed E-state index contributed by atoms with van der Waals surface area (Å²) in [6.45, 7) is 13.2. The molecule has 0 radical (unpaired) electrons. The Morgan fingerprint density at radius 1 is 1.02 bits per heavy atom. The highest BCUT2D eigenvalue weighted by Crippen LogP contribution is 2.78. The Morgan fingerprint density at radius 2 is 1.77 bits per heavy atom. The number of fused-ring (bicyclic) bond motifs is 7. The molecule has 8 rings (SSSR count). The van der Waals surface area contributed by atoms with E-state index in [2.05, 4.69) is 56.0 Å². The van der Waals surface area contributed by atoms with Gasteiger partial charge in [0.2, 0.25) is 5.91 Å². The third-order valence-corrected chi connectivity index (χ3v) is 20.2. The summed E-state index contributed by atoms with van der Waals surface area (Å²) < 4.78 is 12.5. The number of allylic oxidation sites excluding steroid dienone is 2. The minimum atomic E-state index is -1.61. The van der Waals surface area contributed by atoms with Gasteiger partial charge in [-0.15, -0.1) is 0 Å². The molecule has 2 aliphatic heterocycles. The second kappa shape index (κ2) is 17.2. The molecule has 0 aromatic carbocycles. The maximum Gasteiger partial charge on any atom is 0.310 e. The van der Waals surface area contributed by atoms with Gasteiger partial charge < -0.3 is 61.3 Å². The van der Waals surface area contributed by atoms with E-state index in [4.69, 9.17) is 15.2 Å². The number of nitrogens with two attached hydrogens (primary N) is 1. The third kappa shape index (κ3) is 7.01. The van der Waals surface area contributed by atoms with Crippen LogP contribution in [0.25, 0.3) is 0 Å². The third-order valence-electron chi connectivity index (χ3n) is 20.2. The SMILES string of the molecule is CCC1CC2(C(=O)O)CCC(C)(CO)CC2C2=CCC3C4(C)C(CC5CC(=O)NC5C(CCCN)c5cnc[nH]5)C(O)C(OC5OCC(O)C(O)C5O)C(C)(CO)C4CCC3(C)C21C. The number of aromatic amines is 1. The minimum absolute atomic E-state index is 0.00195. The van der Waals surface area contributed by atoms with Gasteiger partial charge in [0.05, 0.1) is 37.2 Å². The molecule has 11 N–H and O–H groups in total. The number of imidazole rings is 1. The fourth-order valence-corrected chi connectivity index (χ4v) is 16.5. The number of carboxylic acid groups (broad SMARTS) is 1. The highest BCUT2D eigenvalue weighted by molar-refractivity contribution is 5.79. The summed E-state index contributed by atoms with van der Waals surface area (Å²) in [5.41, 5.74) is 4.32. The molecule has 7 aliphatic rings. The number of hydrogen-bond donors (Lipinski definition) is 10. The van der Waals surface area contributed by atoms with Gasteiger partial charge in [-0.1, -0.05) is 59.6 Å². The molecule has 0 spiro atoms. The summed E-state index contributed by atoms with van der Waals surface area (Å²) in [5.74, 6) is -2.09. The number of rotatable bonds is 13. The van der Waals surface area contributed by atoms with Gasteiger partial charge in [-0.2, -0.15) is 0 Å². The largest absolute Gasteiger partial charge is 0.481 e. The number of nitrogens with zero attached hydrogens (tertiary/aromatic N) is 1. The van der Waals surface area contributed by atoms with Crippen LogP contribution in [0.5, 0.6) is 0 Å². The molecule has 64 heavy (non-hydrogen) atoms. The Bertz CT molecular complexity index is 1900. The molecular formula is C49H78N4O11. The van der Waals surface area contributed by atoms with Gasteiger partial charge >= 0.3 is 5.97 Å². The van der Waals surface area contributed by atoms with Gasteiger partial charge in [0.1, 0.15) is 18.3 Å². The zero-order valence-electron chi connectivity index (χ0n) is 38.9. The molecule has 5 aliphatic carbocycles. The smallest absolute Gasteiger partial charge is 0.310 e. The maximum atomic E-state index is 13.6. The second-order valence-corrected chi connectivity index (χ2v) is 22.9. The molecule has 15 heteroatoms. The number of nitrogens with one attached hydrogen (secondary N) is 2. The first-order chi connectivity index (χ1) is 30.2. The highest BCUT2D eigenvalue weighted by atomic mass is 16.7. The lowest BCUT2D eigenvalue weighted by molar-refractivity contribution is -0.341. The number of aliphatic hydroxyl groups is 6. The molecule has 20 unspecified atom stereocenters. The molecule has 20 atom stereocenters. The molecule has 3 heterocycles. The Balaban J connectivity index is 1.26. The standard InChI is InChI=1S/C49H78N4O11/c1-7-27-19-49(43(61)62)15-14-44(2,23-54)20-31(49)29-10-11-35-46(4,48(27,29)6)13-12-34-45(3,24-55)41(64-42-40(60)39(59)33(56)22-63-42)38(58)30(47(34,35)5)17-26-18-36(57)53-37(26)28(9-8-16-50)32-21-51-25-52-32/h10,21,25-28,30-31,33-35,37-42,54-56,58-60H,7-9,11-20,22-24,50H2,1-6H3,(H,51,52)(H,53,57)(H,61,62). The first-order valence-corrected chi connectivity index (χ1v) is 24.4. The minimum Gasteiger partial charge on any atom is -0.481 e. The van der Waals surface area contributed by atoms with Crippen LogP contribution in [0.15, 0.2) is 24.2 Å². The predicted octanol–water partition coefficient (Wildman–Crippen LogP) is 3.62. The first kappa shape index (κ1) is 48.0. The van der Waals surface area contributed by atoms with Crippen molar-refractivity contribution in [3.05, 3.63) is 29.9 Å². The fourth-order valence-electron chi connectivity index (χ4n) is 16.5. The molecule has 1 aromatic heterocycles. The maximum absolute atomic E-state index is 13.6. The second-order valence-electron chi connectivity index (χ2n) is 22.9. The molecule has 0 bridgehead atoms. The Morgan fingerprint density at radius 3 is 2.41 bits per heavy atom. The molecule has 1 aromatic rings. The quantitative estimate of drug-likeness (QED) is 0.100. The number of aliphatic carboxylic acids is 1. The van der Waals surface area contributed by atoms with Crippen LogP contribution in [0, 0.1) is 68.0 Å². The van der Waals surface area contributed by atoms with Crippen LogP contribution < -0.4 is 11.1 Å².